The highest BCUT2D eigenvalue weighted by atomic mass is 79.9. The fraction of sp³-hybridized carbons (Fsp3) is 0.462. The van der Waals surface area contributed by atoms with E-state index in [2.05, 4.69) is 15.9 Å². The van der Waals surface area contributed by atoms with Crippen LogP contribution >= 0.6 is 39.1 Å². The summed E-state index contributed by atoms with van der Waals surface area (Å²) in [5, 5.41) is 0.494. The van der Waals surface area contributed by atoms with Gasteiger partial charge >= 0.3 is 0 Å². The molecule has 0 aromatic heterocycles. The molecule has 0 bridgehead atoms. The summed E-state index contributed by atoms with van der Waals surface area (Å²) in [5.74, 6) is 1.23. The zero-order chi connectivity index (χ0) is 13.1. The van der Waals surface area contributed by atoms with Crippen LogP contribution in [0.1, 0.15) is 23.2 Å². The molecule has 0 unspecified atom stereocenters. The largest absolute Gasteiger partial charge is 0.339 e. The van der Waals surface area contributed by atoms with E-state index in [4.69, 9.17) is 23.2 Å². The Kier molecular flexibility index (Phi) is 4.93. The molecule has 98 valence electrons. The van der Waals surface area contributed by atoms with E-state index in [-0.39, 0.29) is 5.91 Å². The Balaban J connectivity index is 2.08. The average molecular weight is 351 g/mol. The Labute approximate surface area is 125 Å². The predicted octanol–water partition coefficient (Wildman–Crippen LogP) is 4.19. The number of rotatable bonds is 2. The van der Waals surface area contributed by atoms with Gasteiger partial charge in [0.1, 0.15) is 0 Å². The first kappa shape index (κ1) is 14.2. The Morgan fingerprint density at radius 1 is 1.39 bits per heavy atom. The van der Waals surface area contributed by atoms with Crippen molar-refractivity contribution in [3.8, 4) is 0 Å². The van der Waals surface area contributed by atoms with Gasteiger partial charge in [-0.05, 0) is 37.0 Å². The van der Waals surface area contributed by atoms with Crippen molar-refractivity contribution in [2.45, 2.75) is 12.8 Å². The maximum Gasteiger partial charge on any atom is 0.255 e. The van der Waals surface area contributed by atoms with E-state index in [0.29, 0.717) is 22.4 Å². The molecule has 0 spiro atoms. The third-order valence-corrected chi connectivity index (χ3v) is 4.52. The van der Waals surface area contributed by atoms with Gasteiger partial charge in [-0.1, -0.05) is 27.5 Å². The van der Waals surface area contributed by atoms with Crippen LogP contribution in [-0.2, 0) is 0 Å². The lowest BCUT2D eigenvalue weighted by Crippen LogP contribution is -2.38. The van der Waals surface area contributed by atoms with Crippen molar-refractivity contribution in [1.29, 1.82) is 0 Å². The molecule has 1 heterocycles. The minimum atomic E-state index is 0.0144. The maximum absolute atomic E-state index is 12.3. The van der Waals surface area contributed by atoms with Crippen LogP contribution in [0.2, 0.25) is 5.02 Å². The lowest BCUT2D eigenvalue weighted by Gasteiger charge is -2.31. The molecule has 5 heteroatoms. The van der Waals surface area contributed by atoms with Crippen LogP contribution in [0.4, 0.5) is 0 Å². The van der Waals surface area contributed by atoms with Crippen LogP contribution in [0.3, 0.4) is 0 Å². The number of benzene rings is 1. The molecule has 1 aromatic carbocycles. The van der Waals surface area contributed by atoms with Gasteiger partial charge in [0.05, 0.1) is 10.6 Å². The van der Waals surface area contributed by atoms with Gasteiger partial charge in [0.15, 0.2) is 0 Å². The fourth-order valence-corrected chi connectivity index (χ4v) is 3.19. The third kappa shape index (κ3) is 3.19. The van der Waals surface area contributed by atoms with Gasteiger partial charge in [-0.2, -0.15) is 0 Å². The number of likely N-dealkylation sites (tertiary alicyclic amines) is 1. The van der Waals surface area contributed by atoms with E-state index in [1.165, 1.54) is 0 Å². The molecule has 1 fully saturated rings. The second-order valence-corrected chi connectivity index (χ2v) is 6.15. The summed E-state index contributed by atoms with van der Waals surface area (Å²) >= 11 is 15.3. The minimum Gasteiger partial charge on any atom is -0.339 e. The van der Waals surface area contributed by atoms with E-state index < -0.39 is 0 Å². The van der Waals surface area contributed by atoms with Gasteiger partial charge in [-0.15, -0.1) is 11.6 Å². The first-order chi connectivity index (χ1) is 8.61. The number of carbonyl (C=O) groups is 1. The van der Waals surface area contributed by atoms with Gasteiger partial charge in [0.25, 0.3) is 5.91 Å². The number of hydrogen-bond donors (Lipinski definition) is 0. The smallest absolute Gasteiger partial charge is 0.255 e. The van der Waals surface area contributed by atoms with E-state index >= 15 is 0 Å². The standard InChI is InChI=1S/C13H14BrCl2NO/c14-10-1-2-11(12(16)7-10)13(18)17-5-3-9(8-15)4-6-17/h1-2,7,9H,3-6,8H2. The molecule has 0 radical (unpaired) electrons. The number of halogens is 3. The molecule has 0 atom stereocenters. The Morgan fingerprint density at radius 3 is 2.61 bits per heavy atom. The summed E-state index contributed by atoms with van der Waals surface area (Å²) < 4.78 is 0.880. The lowest BCUT2D eigenvalue weighted by molar-refractivity contribution is 0.0698. The molecule has 1 aromatic rings. The van der Waals surface area contributed by atoms with Crippen molar-refractivity contribution < 1.29 is 4.79 Å². The summed E-state index contributed by atoms with van der Waals surface area (Å²) in [6, 6.07) is 5.35. The SMILES string of the molecule is O=C(c1ccc(Br)cc1Cl)N1CCC(CCl)CC1. The lowest BCUT2D eigenvalue weighted by atomic mass is 9.98. The minimum absolute atomic E-state index is 0.0144. The predicted molar refractivity (Wildman–Crippen MR) is 78.5 cm³/mol. The number of alkyl halides is 1. The van der Waals surface area contributed by atoms with Crippen molar-refractivity contribution in [2.75, 3.05) is 19.0 Å². The second kappa shape index (κ2) is 6.27. The zero-order valence-electron chi connectivity index (χ0n) is 9.83. The summed E-state index contributed by atoms with van der Waals surface area (Å²) in [7, 11) is 0. The number of nitrogens with zero attached hydrogens (tertiary/aromatic N) is 1. The van der Waals surface area contributed by atoms with Crippen LogP contribution in [0, 0.1) is 5.92 Å². The fourth-order valence-electron chi connectivity index (χ4n) is 2.12. The highest BCUT2D eigenvalue weighted by Gasteiger charge is 2.24. The number of piperidine rings is 1. The summed E-state index contributed by atoms with van der Waals surface area (Å²) in [5.41, 5.74) is 0.573. The van der Waals surface area contributed by atoms with E-state index in [1.54, 1.807) is 12.1 Å². The monoisotopic (exact) mass is 349 g/mol. The second-order valence-electron chi connectivity index (χ2n) is 4.51. The summed E-state index contributed by atoms with van der Waals surface area (Å²) in [4.78, 5) is 14.2. The molecule has 1 saturated heterocycles. The normalized spacial score (nSPS) is 16.9. The number of amides is 1. The summed E-state index contributed by atoms with van der Waals surface area (Å²) in [6.45, 7) is 1.53. The van der Waals surface area contributed by atoms with Gasteiger partial charge in [-0.3, -0.25) is 4.79 Å². The third-order valence-electron chi connectivity index (χ3n) is 3.28. The summed E-state index contributed by atoms with van der Waals surface area (Å²) in [6.07, 6.45) is 1.95. The maximum atomic E-state index is 12.3. The highest BCUT2D eigenvalue weighted by Crippen LogP contribution is 2.25. The van der Waals surface area contributed by atoms with Crippen molar-refractivity contribution >= 4 is 45.0 Å². The number of carbonyl (C=O) groups excluding carboxylic acids is 1. The Hall–Kier alpha value is -0.250. The topological polar surface area (TPSA) is 20.3 Å². The molecule has 1 aliphatic rings. The molecule has 1 aliphatic heterocycles. The first-order valence-electron chi connectivity index (χ1n) is 5.92. The van der Waals surface area contributed by atoms with Crippen LogP contribution < -0.4 is 0 Å². The van der Waals surface area contributed by atoms with Gasteiger partial charge in [0, 0.05) is 23.4 Å². The van der Waals surface area contributed by atoms with Crippen LogP contribution in [-0.4, -0.2) is 29.8 Å². The van der Waals surface area contributed by atoms with Gasteiger partial charge < -0.3 is 4.90 Å². The van der Waals surface area contributed by atoms with E-state index in [9.17, 15) is 4.79 Å². The van der Waals surface area contributed by atoms with Crippen molar-refractivity contribution in [3.05, 3.63) is 33.3 Å². The van der Waals surface area contributed by atoms with Crippen molar-refractivity contribution in [3.63, 3.8) is 0 Å². The van der Waals surface area contributed by atoms with Crippen LogP contribution in [0.15, 0.2) is 22.7 Å². The molecule has 2 rings (SSSR count). The van der Waals surface area contributed by atoms with E-state index in [1.807, 2.05) is 11.0 Å². The molecular weight excluding hydrogens is 337 g/mol. The Morgan fingerprint density at radius 2 is 2.06 bits per heavy atom. The highest BCUT2D eigenvalue weighted by molar-refractivity contribution is 9.10. The van der Waals surface area contributed by atoms with Crippen molar-refractivity contribution in [2.24, 2.45) is 5.92 Å². The molecule has 1 amide bonds. The van der Waals surface area contributed by atoms with E-state index in [0.717, 1.165) is 30.4 Å². The molecule has 0 N–H and O–H groups in total. The van der Waals surface area contributed by atoms with Crippen molar-refractivity contribution in [1.82, 2.24) is 4.90 Å². The van der Waals surface area contributed by atoms with Crippen LogP contribution in [0.5, 0.6) is 0 Å². The van der Waals surface area contributed by atoms with Gasteiger partial charge in [0.2, 0.25) is 0 Å². The first-order valence-corrected chi connectivity index (χ1v) is 7.62. The van der Waals surface area contributed by atoms with Gasteiger partial charge in [-0.25, -0.2) is 0 Å². The molecule has 0 aliphatic carbocycles. The Bertz CT molecular complexity index is 445. The zero-order valence-corrected chi connectivity index (χ0v) is 12.9. The molecule has 0 saturated carbocycles. The molecule has 2 nitrogen and oxygen atoms in total. The average Bonchev–Trinajstić information content (AvgIpc) is 2.38. The number of hydrogen-bond acceptors (Lipinski definition) is 1. The van der Waals surface area contributed by atoms with Crippen LogP contribution in [0.25, 0.3) is 0 Å². The molecular formula is C13H14BrCl2NO. The molecule has 18 heavy (non-hydrogen) atoms. The quantitative estimate of drug-likeness (QED) is 0.732.